The maximum absolute atomic E-state index is 11.5. The molecule has 0 atom stereocenters. The molecule has 2 fully saturated rings. The quantitative estimate of drug-likeness (QED) is 0.825. The molecule has 2 saturated heterocycles. The summed E-state index contributed by atoms with van der Waals surface area (Å²) in [7, 11) is -0.665. The van der Waals surface area contributed by atoms with Crippen molar-refractivity contribution < 1.29 is 8.42 Å². The van der Waals surface area contributed by atoms with E-state index in [4.69, 9.17) is 0 Å². The van der Waals surface area contributed by atoms with Crippen LogP contribution in [0.25, 0.3) is 0 Å². The fraction of sp³-hybridized carbons (Fsp3) is 0.733. The lowest BCUT2D eigenvalue weighted by Crippen LogP contribution is -2.50. The smallest absolute Gasteiger partial charge is 0.152 e. The molecule has 0 spiro atoms. The molecule has 21 heavy (non-hydrogen) atoms. The fourth-order valence-corrected chi connectivity index (χ4v) is 4.65. The molecule has 0 N–H and O–H groups in total. The van der Waals surface area contributed by atoms with E-state index >= 15 is 0 Å². The van der Waals surface area contributed by atoms with Gasteiger partial charge in [0.2, 0.25) is 0 Å². The van der Waals surface area contributed by atoms with E-state index in [-0.39, 0.29) is 0 Å². The Hall–Kier alpha value is -0.850. The van der Waals surface area contributed by atoms with E-state index in [0.29, 0.717) is 17.5 Å². The molecule has 3 heterocycles. The first kappa shape index (κ1) is 15.1. The summed E-state index contributed by atoms with van der Waals surface area (Å²) in [5.41, 5.74) is 1.36. The maximum Gasteiger partial charge on any atom is 0.152 e. The normalized spacial score (nSPS) is 25.2. The predicted molar refractivity (Wildman–Crippen MR) is 83.9 cm³/mol. The van der Waals surface area contributed by atoms with E-state index in [1.165, 1.54) is 5.69 Å². The third-order valence-corrected chi connectivity index (χ3v) is 6.50. The molecular formula is C15H25N3O2S. The van der Waals surface area contributed by atoms with Gasteiger partial charge >= 0.3 is 0 Å². The number of rotatable bonds is 3. The molecule has 0 bridgehead atoms. The van der Waals surface area contributed by atoms with E-state index < -0.39 is 9.84 Å². The predicted octanol–water partition coefficient (Wildman–Crippen LogP) is 0.720. The number of nitrogens with zero attached hydrogens (tertiary/aromatic N) is 3. The summed E-state index contributed by atoms with van der Waals surface area (Å²) in [4.78, 5) is 4.90. The van der Waals surface area contributed by atoms with Crippen molar-refractivity contribution >= 4 is 9.84 Å². The van der Waals surface area contributed by atoms with Crippen LogP contribution < -0.4 is 0 Å². The van der Waals surface area contributed by atoms with Crippen LogP contribution in [0, 0.1) is 0 Å². The van der Waals surface area contributed by atoms with Gasteiger partial charge in [-0.2, -0.15) is 0 Å². The van der Waals surface area contributed by atoms with Crippen molar-refractivity contribution in [3.05, 3.63) is 24.0 Å². The minimum absolute atomic E-state index is 0.344. The van der Waals surface area contributed by atoms with Gasteiger partial charge in [0.15, 0.2) is 9.84 Å². The van der Waals surface area contributed by atoms with Gasteiger partial charge in [-0.1, -0.05) is 0 Å². The molecular weight excluding hydrogens is 286 g/mol. The third kappa shape index (κ3) is 3.67. The minimum Gasteiger partial charge on any atom is -0.353 e. The van der Waals surface area contributed by atoms with E-state index in [1.54, 1.807) is 0 Å². The summed E-state index contributed by atoms with van der Waals surface area (Å²) in [5.74, 6) is 0.688. The average Bonchev–Trinajstić information content (AvgIpc) is 2.85. The highest BCUT2D eigenvalue weighted by Crippen LogP contribution is 2.20. The molecule has 0 saturated carbocycles. The number of sulfone groups is 1. The molecule has 0 aliphatic carbocycles. The van der Waals surface area contributed by atoms with E-state index in [1.807, 2.05) is 0 Å². The molecule has 118 valence electrons. The first-order chi connectivity index (χ1) is 10.0. The van der Waals surface area contributed by atoms with Gasteiger partial charge < -0.3 is 4.57 Å². The minimum atomic E-state index is -2.76. The van der Waals surface area contributed by atoms with Crippen LogP contribution in [0.5, 0.6) is 0 Å². The third-order valence-electron chi connectivity index (χ3n) is 4.89. The topological polar surface area (TPSA) is 45.5 Å². The molecule has 0 radical (unpaired) electrons. The number of aryl methyl sites for hydroxylation is 1. The first-order valence-corrected chi connectivity index (χ1v) is 9.63. The van der Waals surface area contributed by atoms with Gasteiger partial charge in [0, 0.05) is 57.7 Å². The molecule has 0 aromatic carbocycles. The number of piperidine rings is 1. The Morgan fingerprint density at radius 3 is 2.38 bits per heavy atom. The summed E-state index contributed by atoms with van der Waals surface area (Å²) in [5, 5.41) is 0. The monoisotopic (exact) mass is 311 g/mol. The molecule has 2 aliphatic rings. The molecule has 6 heteroatoms. The average molecular weight is 311 g/mol. The van der Waals surface area contributed by atoms with Crippen LogP contribution in [0.2, 0.25) is 0 Å². The molecule has 3 rings (SSSR count). The highest BCUT2D eigenvalue weighted by Gasteiger charge is 2.29. The Morgan fingerprint density at radius 1 is 1.14 bits per heavy atom. The zero-order chi connectivity index (χ0) is 14.9. The van der Waals surface area contributed by atoms with E-state index in [0.717, 1.165) is 45.6 Å². The Bertz CT molecular complexity index is 559. The number of hydrogen-bond donors (Lipinski definition) is 0. The van der Waals surface area contributed by atoms with Crippen molar-refractivity contribution in [3.8, 4) is 0 Å². The van der Waals surface area contributed by atoms with Gasteiger partial charge in [0.05, 0.1) is 11.5 Å². The Morgan fingerprint density at radius 2 is 1.81 bits per heavy atom. The van der Waals surface area contributed by atoms with Crippen LogP contribution in [-0.2, 0) is 23.4 Å². The number of aromatic nitrogens is 1. The van der Waals surface area contributed by atoms with Crippen molar-refractivity contribution in [3.63, 3.8) is 0 Å². The largest absolute Gasteiger partial charge is 0.353 e. The summed E-state index contributed by atoms with van der Waals surface area (Å²) < 4.78 is 25.2. The molecule has 1 aromatic heterocycles. The lowest BCUT2D eigenvalue weighted by Gasteiger charge is -2.40. The van der Waals surface area contributed by atoms with Gasteiger partial charge in [-0.25, -0.2) is 8.42 Å². The van der Waals surface area contributed by atoms with Crippen molar-refractivity contribution in [2.75, 3.05) is 37.7 Å². The zero-order valence-electron chi connectivity index (χ0n) is 12.7. The first-order valence-electron chi connectivity index (χ1n) is 7.80. The summed E-state index contributed by atoms with van der Waals surface area (Å²) in [6.45, 7) is 4.69. The molecule has 0 unspecified atom stereocenters. The molecule has 1 aromatic rings. The van der Waals surface area contributed by atoms with Gasteiger partial charge in [-0.3, -0.25) is 9.80 Å². The van der Waals surface area contributed by atoms with Crippen molar-refractivity contribution in [2.45, 2.75) is 25.4 Å². The number of likely N-dealkylation sites (tertiary alicyclic amines) is 1. The lowest BCUT2D eigenvalue weighted by atomic mass is 10.0. The van der Waals surface area contributed by atoms with E-state index in [2.05, 4.69) is 39.7 Å². The Balaban J connectivity index is 1.48. The second-order valence-electron chi connectivity index (χ2n) is 6.31. The van der Waals surface area contributed by atoms with Crippen LogP contribution in [0.15, 0.2) is 18.3 Å². The van der Waals surface area contributed by atoms with Crippen LogP contribution in [-0.4, -0.2) is 66.5 Å². The number of hydrogen-bond acceptors (Lipinski definition) is 4. The highest BCUT2D eigenvalue weighted by molar-refractivity contribution is 7.91. The Kier molecular flexibility index (Phi) is 4.38. The lowest BCUT2D eigenvalue weighted by molar-refractivity contribution is 0.110. The van der Waals surface area contributed by atoms with Gasteiger partial charge in [-0.15, -0.1) is 0 Å². The fourth-order valence-electron chi connectivity index (χ4n) is 3.42. The van der Waals surface area contributed by atoms with E-state index in [9.17, 15) is 8.42 Å². The van der Waals surface area contributed by atoms with Crippen LogP contribution in [0.4, 0.5) is 0 Å². The molecule has 0 amide bonds. The van der Waals surface area contributed by atoms with Gasteiger partial charge in [0.1, 0.15) is 0 Å². The highest BCUT2D eigenvalue weighted by atomic mass is 32.2. The summed E-state index contributed by atoms with van der Waals surface area (Å²) in [6.07, 6.45) is 4.41. The second kappa shape index (κ2) is 6.10. The molecule has 2 aliphatic heterocycles. The van der Waals surface area contributed by atoms with Gasteiger partial charge in [-0.05, 0) is 25.0 Å². The maximum atomic E-state index is 11.5. The molecule has 5 nitrogen and oxygen atoms in total. The van der Waals surface area contributed by atoms with Crippen LogP contribution >= 0.6 is 0 Å². The van der Waals surface area contributed by atoms with Crippen molar-refractivity contribution in [1.29, 1.82) is 0 Å². The van der Waals surface area contributed by atoms with Crippen LogP contribution in [0.3, 0.4) is 0 Å². The summed E-state index contributed by atoms with van der Waals surface area (Å²) in [6, 6.07) is 4.85. The van der Waals surface area contributed by atoms with Crippen molar-refractivity contribution in [2.24, 2.45) is 7.05 Å². The zero-order valence-corrected chi connectivity index (χ0v) is 13.6. The van der Waals surface area contributed by atoms with Crippen molar-refractivity contribution in [1.82, 2.24) is 14.4 Å². The second-order valence-corrected chi connectivity index (χ2v) is 8.61. The Labute approximate surface area is 127 Å². The SMILES string of the molecule is Cn1cccc1CN1CCC(N2CCS(=O)(=O)CC2)CC1. The standard InChI is InChI=1S/C15H25N3O2S/c1-16-6-2-3-15(16)13-17-7-4-14(5-8-17)18-9-11-21(19,20)12-10-18/h2-3,6,14H,4-5,7-13H2,1H3. The van der Waals surface area contributed by atoms with Gasteiger partial charge in [0.25, 0.3) is 0 Å². The van der Waals surface area contributed by atoms with Crippen LogP contribution in [0.1, 0.15) is 18.5 Å². The summed E-state index contributed by atoms with van der Waals surface area (Å²) >= 11 is 0.